The van der Waals surface area contributed by atoms with E-state index in [1.165, 1.54) is 24.3 Å². The zero-order valence-electron chi connectivity index (χ0n) is 30.8. The van der Waals surface area contributed by atoms with E-state index in [1.807, 2.05) is 52.0 Å². The SMILES string of the molecule is CC.COC(OC1CCC2(C)C(CC(OC(=O)c3ccc(F)cc3)C3(C)Oc4cc(-c5cccnc5)oc(=O)c4C(O)C23)C1C)c1ccccc1C. The molecule has 9 unspecified atom stereocenters. The highest BCUT2D eigenvalue weighted by Crippen LogP contribution is 2.65. The number of hydrogen-bond acceptors (Lipinski definition) is 9. The van der Waals surface area contributed by atoms with E-state index in [1.54, 1.807) is 37.7 Å². The van der Waals surface area contributed by atoms with E-state index in [2.05, 4.69) is 18.8 Å². The minimum absolute atomic E-state index is 0.0376. The van der Waals surface area contributed by atoms with Gasteiger partial charge in [0.25, 0.3) is 0 Å². The number of aliphatic hydroxyl groups is 1. The summed E-state index contributed by atoms with van der Waals surface area (Å²) in [5.74, 6) is -1.56. The number of ether oxygens (including phenoxy) is 4. The van der Waals surface area contributed by atoms with Crippen molar-refractivity contribution in [2.24, 2.45) is 23.2 Å². The highest BCUT2D eigenvalue weighted by molar-refractivity contribution is 5.89. The molecule has 1 N–H and O–H groups in total. The van der Waals surface area contributed by atoms with E-state index in [4.69, 9.17) is 23.4 Å². The molecule has 2 aliphatic carbocycles. The van der Waals surface area contributed by atoms with Crippen LogP contribution in [0.1, 0.15) is 93.3 Å². The second-order valence-corrected chi connectivity index (χ2v) is 14.4. The van der Waals surface area contributed by atoms with Crippen molar-refractivity contribution in [3.63, 3.8) is 0 Å². The second kappa shape index (κ2) is 14.9. The van der Waals surface area contributed by atoms with Gasteiger partial charge in [-0.1, -0.05) is 52.0 Å². The summed E-state index contributed by atoms with van der Waals surface area (Å²) in [5, 5.41) is 12.3. The number of pyridine rings is 1. The highest BCUT2D eigenvalue weighted by Gasteiger charge is 2.68. The summed E-state index contributed by atoms with van der Waals surface area (Å²) in [7, 11) is 1.63. The van der Waals surface area contributed by atoms with Gasteiger partial charge in [-0.3, -0.25) is 4.98 Å². The van der Waals surface area contributed by atoms with Crippen LogP contribution >= 0.6 is 0 Å². The Morgan fingerprint density at radius 1 is 1.08 bits per heavy atom. The summed E-state index contributed by atoms with van der Waals surface area (Å²) in [6.45, 7) is 12.1. The maximum absolute atomic E-state index is 13.8. The number of aliphatic hydroxyl groups excluding tert-OH is 1. The first-order valence-electron chi connectivity index (χ1n) is 18.1. The third-order valence-corrected chi connectivity index (χ3v) is 11.6. The monoisotopic (exact) mass is 713 g/mol. The summed E-state index contributed by atoms with van der Waals surface area (Å²) in [6, 6.07) is 18.2. The Morgan fingerprint density at radius 2 is 1.81 bits per heavy atom. The van der Waals surface area contributed by atoms with Gasteiger partial charge in [0.15, 0.2) is 6.29 Å². The lowest BCUT2D eigenvalue weighted by Gasteiger charge is -2.64. The summed E-state index contributed by atoms with van der Waals surface area (Å²) in [5.41, 5.74) is 0.280. The number of rotatable bonds is 7. The number of aryl methyl sites for hydroxylation is 1. The fourth-order valence-electron chi connectivity index (χ4n) is 9.05. The Bertz CT molecular complexity index is 1930. The van der Waals surface area contributed by atoms with Crippen molar-refractivity contribution in [1.29, 1.82) is 0 Å². The number of benzene rings is 2. The fraction of sp³-hybridized carbons (Fsp3) is 0.452. The van der Waals surface area contributed by atoms with Gasteiger partial charge >= 0.3 is 11.6 Å². The third-order valence-electron chi connectivity index (χ3n) is 11.6. The number of aromatic nitrogens is 1. The normalized spacial score (nSPS) is 29.6. The number of methoxy groups -OCH3 is 1. The number of nitrogens with zero attached hydrogens (tertiary/aromatic N) is 1. The van der Waals surface area contributed by atoms with Gasteiger partial charge in [-0.15, -0.1) is 0 Å². The van der Waals surface area contributed by atoms with Gasteiger partial charge in [0.05, 0.1) is 17.8 Å². The molecule has 3 aliphatic rings. The molecule has 1 aliphatic heterocycles. The summed E-state index contributed by atoms with van der Waals surface area (Å²) in [6.07, 6.45) is 1.97. The molecule has 2 aromatic carbocycles. The molecule has 9 atom stereocenters. The third kappa shape index (κ3) is 6.57. The van der Waals surface area contributed by atoms with Crippen LogP contribution in [0.5, 0.6) is 5.75 Å². The minimum atomic E-state index is -1.29. The van der Waals surface area contributed by atoms with Crippen LogP contribution in [0.25, 0.3) is 11.3 Å². The van der Waals surface area contributed by atoms with Crippen LogP contribution in [0, 0.1) is 35.9 Å². The Balaban J connectivity index is 0.00000228. The van der Waals surface area contributed by atoms with Crippen LogP contribution in [-0.4, -0.2) is 41.0 Å². The average Bonchev–Trinajstić information content (AvgIpc) is 3.13. The first kappa shape index (κ1) is 37.4. The second-order valence-electron chi connectivity index (χ2n) is 14.4. The predicted molar refractivity (Wildman–Crippen MR) is 193 cm³/mol. The smallest absolute Gasteiger partial charge is 0.345 e. The maximum Gasteiger partial charge on any atom is 0.345 e. The van der Waals surface area contributed by atoms with Crippen LogP contribution in [0.3, 0.4) is 0 Å². The first-order valence-corrected chi connectivity index (χ1v) is 18.1. The molecule has 2 saturated carbocycles. The molecule has 276 valence electrons. The number of carbonyl (C=O) groups is 1. The Kier molecular flexibility index (Phi) is 10.7. The van der Waals surface area contributed by atoms with E-state index in [-0.39, 0.29) is 40.6 Å². The molecule has 52 heavy (non-hydrogen) atoms. The van der Waals surface area contributed by atoms with E-state index in [9.17, 15) is 19.1 Å². The maximum atomic E-state index is 13.8. The van der Waals surface area contributed by atoms with Crippen molar-refractivity contribution in [3.05, 3.63) is 118 Å². The van der Waals surface area contributed by atoms with Crippen LogP contribution in [0.2, 0.25) is 0 Å². The van der Waals surface area contributed by atoms with Gasteiger partial charge in [0, 0.05) is 42.6 Å². The van der Waals surface area contributed by atoms with Gasteiger partial charge in [0.1, 0.15) is 34.6 Å². The van der Waals surface area contributed by atoms with Crippen molar-refractivity contribution >= 4 is 5.97 Å². The van der Waals surface area contributed by atoms with E-state index in [0.717, 1.165) is 11.1 Å². The Hall–Kier alpha value is -4.38. The number of fused-ring (bicyclic) bond motifs is 4. The van der Waals surface area contributed by atoms with Crippen LogP contribution in [-0.2, 0) is 14.2 Å². The number of carbonyl (C=O) groups excluding carboxylic acids is 1. The van der Waals surface area contributed by atoms with Crippen molar-refractivity contribution in [2.75, 3.05) is 7.11 Å². The molecular weight excluding hydrogens is 665 g/mol. The van der Waals surface area contributed by atoms with Crippen molar-refractivity contribution in [1.82, 2.24) is 4.98 Å². The molecule has 0 saturated heterocycles. The summed E-state index contributed by atoms with van der Waals surface area (Å²) in [4.78, 5) is 31.4. The molecule has 2 fully saturated rings. The summed E-state index contributed by atoms with van der Waals surface area (Å²) >= 11 is 0. The average molecular weight is 714 g/mol. The van der Waals surface area contributed by atoms with Gasteiger partial charge in [0.2, 0.25) is 0 Å². The topological polar surface area (TPSA) is 117 Å². The van der Waals surface area contributed by atoms with E-state index in [0.29, 0.717) is 24.8 Å². The standard InChI is InChI=1S/C40H42FNO8.C2H6/c1-22-9-6-7-11-27(22)38(46-5)48-29-16-17-39(3)28(23(29)2)19-32(49-36(44)24-12-14-26(41)15-13-24)40(4)35(39)34(43)33-31(50-40)20-30(47-37(33)45)25-10-8-18-42-21-25;1-2/h6-15,18,20-21,23,28-29,32,34-35,38,43H,16-17,19H2,1-5H3;1-2H3. The van der Waals surface area contributed by atoms with Crippen LogP contribution in [0.15, 0.2) is 88.3 Å². The molecule has 0 radical (unpaired) electrons. The van der Waals surface area contributed by atoms with Gasteiger partial charge in [-0.25, -0.2) is 14.0 Å². The molecule has 9 nitrogen and oxygen atoms in total. The predicted octanol–water partition coefficient (Wildman–Crippen LogP) is 8.39. The molecular formula is C42H48FNO8. The van der Waals surface area contributed by atoms with E-state index >= 15 is 0 Å². The molecule has 0 amide bonds. The quantitative estimate of drug-likeness (QED) is 0.149. The Labute approximate surface area is 304 Å². The molecule has 0 bridgehead atoms. The molecule has 2 aromatic heterocycles. The number of halogens is 1. The fourth-order valence-corrected chi connectivity index (χ4v) is 9.05. The lowest BCUT2D eigenvalue weighted by atomic mass is 9.46. The molecule has 10 heteroatoms. The van der Waals surface area contributed by atoms with Gasteiger partial charge in [-0.05, 0) is 92.3 Å². The largest absolute Gasteiger partial charge is 0.482 e. The highest BCUT2D eigenvalue weighted by atomic mass is 19.1. The van der Waals surface area contributed by atoms with Crippen molar-refractivity contribution < 1.29 is 37.7 Å². The number of hydrogen-bond donors (Lipinski definition) is 1. The first-order chi connectivity index (χ1) is 24.9. The molecule has 4 aromatic rings. The van der Waals surface area contributed by atoms with Crippen molar-refractivity contribution in [2.45, 2.75) is 91.0 Å². The number of esters is 1. The van der Waals surface area contributed by atoms with E-state index < -0.39 is 52.8 Å². The van der Waals surface area contributed by atoms with Crippen LogP contribution in [0.4, 0.5) is 4.39 Å². The van der Waals surface area contributed by atoms with Gasteiger partial charge in [-0.2, -0.15) is 0 Å². The zero-order valence-corrected chi connectivity index (χ0v) is 30.8. The van der Waals surface area contributed by atoms with Crippen molar-refractivity contribution in [3.8, 4) is 17.1 Å². The summed E-state index contributed by atoms with van der Waals surface area (Å²) < 4.78 is 45.1. The van der Waals surface area contributed by atoms with Crippen LogP contribution < -0.4 is 10.4 Å². The lowest BCUT2D eigenvalue weighted by Crippen LogP contribution is -2.69. The lowest BCUT2D eigenvalue weighted by molar-refractivity contribution is -0.258. The molecule has 7 rings (SSSR count). The van der Waals surface area contributed by atoms with Gasteiger partial charge < -0.3 is 28.5 Å². The molecule has 3 heterocycles. The Morgan fingerprint density at radius 3 is 2.48 bits per heavy atom. The zero-order chi connectivity index (χ0) is 37.4. The minimum Gasteiger partial charge on any atom is -0.482 e. The molecule has 0 spiro atoms.